The van der Waals surface area contributed by atoms with Gasteiger partial charge < -0.3 is 5.11 Å². The molecular weight excluding hydrogens is 184 g/mol. The first-order valence-corrected chi connectivity index (χ1v) is 6.05. The van der Waals surface area contributed by atoms with Gasteiger partial charge in [0, 0.05) is 0 Å². The van der Waals surface area contributed by atoms with E-state index < -0.39 is 0 Å². The van der Waals surface area contributed by atoms with E-state index in [9.17, 15) is 5.11 Å². The summed E-state index contributed by atoms with van der Waals surface area (Å²) >= 11 is 0. The third-order valence-electron chi connectivity index (χ3n) is 3.57. The Labute approximate surface area is 92.1 Å². The predicted octanol–water partition coefficient (Wildman–Crippen LogP) is 2.95. The average Bonchev–Trinajstić information content (AvgIpc) is 2.16. The van der Waals surface area contributed by atoms with Crippen LogP contribution in [0.25, 0.3) is 0 Å². The van der Waals surface area contributed by atoms with Gasteiger partial charge in [-0.25, -0.2) is 0 Å². The fourth-order valence-electron chi connectivity index (χ4n) is 2.14. The second kappa shape index (κ2) is 4.80. The summed E-state index contributed by atoms with van der Waals surface area (Å²) in [7, 11) is 0. The third kappa shape index (κ3) is 2.60. The van der Waals surface area contributed by atoms with E-state index in [1.165, 1.54) is 30.4 Å². The van der Waals surface area contributed by atoms with Crippen molar-refractivity contribution in [3.8, 4) is 0 Å². The minimum atomic E-state index is -0.119. The van der Waals surface area contributed by atoms with E-state index in [-0.39, 0.29) is 6.10 Å². The van der Waals surface area contributed by atoms with E-state index in [1.54, 1.807) is 0 Å². The van der Waals surface area contributed by atoms with E-state index in [4.69, 9.17) is 0 Å². The molecule has 1 aliphatic carbocycles. The zero-order valence-electron chi connectivity index (χ0n) is 9.45. The molecule has 2 rings (SSSR count). The van der Waals surface area contributed by atoms with Crippen LogP contribution in [0.5, 0.6) is 0 Å². The van der Waals surface area contributed by atoms with Gasteiger partial charge in [-0.05, 0) is 42.7 Å². The topological polar surface area (TPSA) is 20.2 Å². The SMILES string of the molecule is CCc1ccc(CC(O)C2CCC2)cc1. The molecule has 15 heavy (non-hydrogen) atoms. The Morgan fingerprint density at radius 1 is 1.20 bits per heavy atom. The van der Waals surface area contributed by atoms with Gasteiger partial charge in [-0.3, -0.25) is 0 Å². The fraction of sp³-hybridized carbons (Fsp3) is 0.571. The molecule has 0 aliphatic heterocycles. The van der Waals surface area contributed by atoms with E-state index in [0.717, 1.165) is 12.8 Å². The van der Waals surface area contributed by atoms with Gasteiger partial charge in [-0.2, -0.15) is 0 Å². The zero-order chi connectivity index (χ0) is 10.7. The number of aliphatic hydroxyl groups excluding tert-OH is 1. The summed E-state index contributed by atoms with van der Waals surface area (Å²) in [6.07, 6.45) is 5.53. The van der Waals surface area contributed by atoms with Crippen molar-refractivity contribution in [1.82, 2.24) is 0 Å². The van der Waals surface area contributed by atoms with Crippen molar-refractivity contribution >= 4 is 0 Å². The smallest absolute Gasteiger partial charge is 0.0608 e. The average molecular weight is 204 g/mol. The highest BCUT2D eigenvalue weighted by molar-refractivity contribution is 5.23. The van der Waals surface area contributed by atoms with Crippen LogP contribution in [0.4, 0.5) is 0 Å². The molecule has 0 bridgehead atoms. The monoisotopic (exact) mass is 204 g/mol. The van der Waals surface area contributed by atoms with Crippen LogP contribution in [-0.2, 0) is 12.8 Å². The van der Waals surface area contributed by atoms with Crippen molar-refractivity contribution in [2.75, 3.05) is 0 Å². The van der Waals surface area contributed by atoms with Crippen molar-refractivity contribution in [3.05, 3.63) is 35.4 Å². The standard InChI is InChI=1S/C14H20O/c1-2-11-6-8-12(9-7-11)10-14(15)13-4-3-5-13/h6-9,13-15H,2-5,10H2,1H3. The predicted molar refractivity (Wildman–Crippen MR) is 62.9 cm³/mol. The molecule has 82 valence electrons. The van der Waals surface area contributed by atoms with Gasteiger partial charge in [0.2, 0.25) is 0 Å². The summed E-state index contributed by atoms with van der Waals surface area (Å²) < 4.78 is 0. The molecule has 0 aromatic heterocycles. The Morgan fingerprint density at radius 3 is 2.27 bits per heavy atom. The van der Waals surface area contributed by atoms with Crippen LogP contribution in [0.2, 0.25) is 0 Å². The van der Waals surface area contributed by atoms with Crippen LogP contribution in [0, 0.1) is 5.92 Å². The maximum atomic E-state index is 9.95. The Balaban J connectivity index is 1.91. The first-order chi connectivity index (χ1) is 7.29. The molecule has 1 heteroatoms. The summed E-state index contributed by atoms with van der Waals surface area (Å²) in [6, 6.07) is 8.65. The zero-order valence-corrected chi connectivity index (χ0v) is 9.45. The van der Waals surface area contributed by atoms with Gasteiger partial charge in [-0.15, -0.1) is 0 Å². The highest BCUT2D eigenvalue weighted by Gasteiger charge is 2.25. The molecule has 1 aromatic rings. The first kappa shape index (κ1) is 10.7. The first-order valence-electron chi connectivity index (χ1n) is 6.05. The van der Waals surface area contributed by atoms with Crippen molar-refractivity contribution in [2.24, 2.45) is 5.92 Å². The Hall–Kier alpha value is -0.820. The molecule has 1 unspecified atom stereocenters. The van der Waals surface area contributed by atoms with Gasteiger partial charge in [0.05, 0.1) is 6.10 Å². The highest BCUT2D eigenvalue weighted by atomic mass is 16.3. The van der Waals surface area contributed by atoms with Gasteiger partial charge in [0.15, 0.2) is 0 Å². The molecule has 1 aliphatic rings. The normalized spacial score (nSPS) is 18.5. The minimum absolute atomic E-state index is 0.119. The van der Waals surface area contributed by atoms with E-state index in [0.29, 0.717) is 5.92 Å². The Kier molecular flexibility index (Phi) is 3.42. The van der Waals surface area contributed by atoms with Crippen LogP contribution < -0.4 is 0 Å². The van der Waals surface area contributed by atoms with Crippen molar-refractivity contribution in [2.45, 2.75) is 45.1 Å². The molecule has 1 aromatic carbocycles. The largest absolute Gasteiger partial charge is 0.392 e. The lowest BCUT2D eigenvalue weighted by molar-refractivity contribution is 0.0630. The summed E-state index contributed by atoms with van der Waals surface area (Å²) in [5.41, 5.74) is 2.64. The molecule has 1 atom stereocenters. The van der Waals surface area contributed by atoms with Gasteiger partial charge >= 0.3 is 0 Å². The van der Waals surface area contributed by atoms with Crippen molar-refractivity contribution < 1.29 is 5.11 Å². The Bertz CT molecular complexity index is 298. The quantitative estimate of drug-likeness (QED) is 0.799. The number of aryl methyl sites for hydroxylation is 1. The van der Waals surface area contributed by atoms with E-state index >= 15 is 0 Å². The lowest BCUT2D eigenvalue weighted by atomic mass is 9.79. The molecule has 1 saturated carbocycles. The van der Waals surface area contributed by atoms with Gasteiger partial charge in [0.1, 0.15) is 0 Å². The van der Waals surface area contributed by atoms with Crippen LogP contribution in [0.3, 0.4) is 0 Å². The molecular formula is C14H20O. The summed E-state index contributed by atoms with van der Waals surface area (Å²) in [5.74, 6) is 0.566. The van der Waals surface area contributed by atoms with Gasteiger partial charge in [-0.1, -0.05) is 37.6 Å². The van der Waals surface area contributed by atoms with Gasteiger partial charge in [0.25, 0.3) is 0 Å². The number of hydrogen-bond donors (Lipinski definition) is 1. The number of hydrogen-bond acceptors (Lipinski definition) is 1. The summed E-state index contributed by atoms with van der Waals surface area (Å²) in [4.78, 5) is 0. The lowest BCUT2D eigenvalue weighted by Gasteiger charge is -2.30. The number of aliphatic hydroxyl groups is 1. The maximum Gasteiger partial charge on any atom is 0.0608 e. The minimum Gasteiger partial charge on any atom is -0.392 e. The lowest BCUT2D eigenvalue weighted by Crippen LogP contribution is -2.28. The maximum absolute atomic E-state index is 9.95. The summed E-state index contributed by atoms with van der Waals surface area (Å²) in [6.45, 7) is 2.16. The van der Waals surface area contributed by atoms with E-state index in [1.807, 2.05) is 0 Å². The number of benzene rings is 1. The highest BCUT2D eigenvalue weighted by Crippen LogP contribution is 2.30. The van der Waals surface area contributed by atoms with E-state index in [2.05, 4.69) is 31.2 Å². The molecule has 0 heterocycles. The van der Waals surface area contributed by atoms with Crippen molar-refractivity contribution in [3.63, 3.8) is 0 Å². The Morgan fingerprint density at radius 2 is 1.80 bits per heavy atom. The number of rotatable bonds is 4. The van der Waals surface area contributed by atoms with Crippen LogP contribution in [-0.4, -0.2) is 11.2 Å². The second-order valence-corrected chi connectivity index (χ2v) is 4.63. The molecule has 1 fully saturated rings. The molecule has 0 radical (unpaired) electrons. The second-order valence-electron chi connectivity index (χ2n) is 4.63. The molecule has 0 amide bonds. The van der Waals surface area contributed by atoms with Crippen molar-refractivity contribution in [1.29, 1.82) is 0 Å². The fourth-order valence-corrected chi connectivity index (χ4v) is 2.14. The molecule has 0 saturated heterocycles. The third-order valence-corrected chi connectivity index (χ3v) is 3.57. The molecule has 1 N–H and O–H groups in total. The molecule has 0 spiro atoms. The van der Waals surface area contributed by atoms with Crippen LogP contribution in [0.1, 0.15) is 37.3 Å². The molecule has 1 nitrogen and oxygen atoms in total. The van der Waals surface area contributed by atoms with Crippen LogP contribution in [0.15, 0.2) is 24.3 Å². The van der Waals surface area contributed by atoms with Crippen LogP contribution >= 0.6 is 0 Å². The summed E-state index contributed by atoms with van der Waals surface area (Å²) in [5, 5.41) is 9.95.